The molecule has 7 nitrogen and oxygen atoms in total. The maximum Gasteiger partial charge on any atom is 0.274 e. The fourth-order valence-corrected chi connectivity index (χ4v) is 3.06. The van der Waals surface area contributed by atoms with Crippen LogP contribution in [0.2, 0.25) is 0 Å². The Morgan fingerprint density at radius 2 is 1.58 bits per heavy atom. The van der Waals surface area contributed by atoms with Crippen LogP contribution in [0.3, 0.4) is 0 Å². The van der Waals surface area contributed by atoms with E-state index in [0.29, 0.717) is 11.1 Å². The summed E-state index contributed by atoms with van der Waals surface area (Å²) in [5.74, 6) is -2.31. The molecule has 0 aliphatic rings. The molecule has 0 saturated heterocycles. The van der Waals surface area contributed by atoms with Crippen LogP contribution < -0.4 is 5.32 Å². The van der Waals surface area contributed by atoms with Crippen molar-refractivity contribution in [3.63, 3.8) is 0 Å². The van der Waals surface area contributed by atoms with Crippen LogP contribution >= 0.6 is 0 Å². The van der Waals surface area contributed by atoms with Crippen LogP contribution in [0, 0.1) is 5.82 Å². The summed E-state index contributed by atoms with van der Waals surface area (Å²) in [5.41, 5.74) is 2.06. The Balaban J connectivity index is 1.78. The van der Waals surface area contributed by atoms with Gasteiger partial charge in [-0.1, -0.05) is 50.2 Å². The molecule has 0 aliphatic heterocycles. The third-order valence-electron chi connectivity index (χ3n) is 4.96. The van der Waals surface area contributed by atoms with E-state index in [2.05, 4.69) is 34.0 Å². The summed E-state index contributed by atoms with van der Waals surface area (Å²) in [4.78, 5) is 22.9. The smallest absolute Gasteiger partial charge is 0.274 e. The highest BCUT2D eigenvalue weighted by Gasteiger charge is 2.20. The molecular weight excluding hydrogens is 399 g/mol. The number of carbonyl (C=O) groups is 1. The highest BCUT2D eigenvalue weighted by Crippen LogP contribution is 2.29. The maximum absolute atomic E-state index is 13.0. The third kappa shape index (κ3) is 5.55. The quantitative estimate of drug-likeness (QED) is 0.512. The highest BCUT2D eigenvalue weighted by molar-refractivity contribution is 5.95. The molecule has 1 amide bonds. The lowest BCUT2D eigenvalue weighted by Crippen LogP contribution is -2.24. The van der Waals surface area contributed by atoms with Crippen molar-refractivity contribution >= 4 is 5.91 Å². The molecule has 0 atom stereocenters. The van der Waals surface area contributed by atoms with Gasteiger partial charge in [0.25, 0.3) is 11.8 Å². The first-order valence-electron chi connectivity index (χ1n) is 10.1. The Kier molecular flexibility index (Phi) is 7.15. The van der Waals surface area contributed by atoms with Crippen LogP contribution in [0.4, 0.5) is 4.39 Å². The zero-order valence-corrected chi connectivity index (χ0v) is 17.5. The number of nitrogens with one attached hydrogen (secondary N) is 1. The topological polar surface area (TPSA) is 98.6 Å². The van der Waals surface area contributed by atoms with Crippen molar-refractivity contribution in [1.29, 1.82) is 0 Å². The summed E-state index contributed by atoms with van der Waals surface area (Å²) in [5, 5.41) is 22.7. The second-order valence-corrected chi connectivity index (χ2v) is 7.04. The van der Waals surface area contributed by atoms with Gasteiger partial charge in [-0.05, 0) is 36.3 Å². The Morgan fingerprint density at radius 1 is 0.968 bits per heavy atom. The average Bonchev–Trinajstić information content (AvgIpc) is 2.79. The van der Waals surface area contributed by atoms with E-state index < -0.39 is 17.5 Å². The van der Waals surface area contributed by atoms with Gasteiger partial charge < -0.3 is 15.5 Å². The normalized spacial score (nSPS) is 11.0. The first-order valence-corrected chi connectivity index (χ1v) is 10.1. The SMILES string of the molecule is CCN(CC)Cc1ccc(-c2nc(O)c(O)c(C(=O)NCc3ccc(F)cc3)n2)cc1. The van der Waals surface area contributed by atoms with E-state index in [1.165, 1.54) is 24.3 Å². The fourth-order valence-electron chi connectivity index (χ4n) is 3.06. The number of amides is 1. The number of halogens is 1. The third-order valence-corrected chi connectivity index (χ3v) is 4.96. The molecule has 0 aliphatic carbocycles. The molecule has 0 saturated carbocycles. The van der Waals surface area contributed by atoms with Crippen LogP contribution in [0.5, 0.6) is 11.6 Å². The van der Waals surface area contributed by atoms with Crippen LogP contribution in [-0.4, -0.2) is 44.1 Å². The van der Waals surface area contributed by atoms with Crippen molar-refractivity contribution in [2.24, 2.45) is 0 Å². The molecule has 0 fully saturated rings. The van der Waals surface area contributed by atoms with Crippen LogP contribution in [0.1, 0.15) is 35.5 Å². The number of nitrogens with zero attached hydrogens (tertiary/aromatic N) is 3. The summed E-state index contributed by atoms with van der Waals surface area (Å²) >= 11 is 0. The number of carbonyl (C=O) groups excluding carboxylic acids is 1. The second kappa shape index (κ2) is 9.99. The summed E-state index contributed by atoms with van der Waals surface area (Å²) < 4.78 is 13.0. The van der Waals surface area contributed by atoms with E-state index in [1.807, 2.05) is 24.3 Å². The molecule has 0 spiro atoms. The van der Waals surface area contributed by atoms with Crippen LogP contribution in [0.15, 0.2) is 48.5 Å². The van der Waals surface area contributed by atoms with E-state index in [9.17, 15) is 19.4 Å². The summed E-state index contributed by atoms with van der Waals surface area (Å²) in [7, 11) is 0. The molecule has 0 bridgehead atoms. The van der Waals surface area contributed by atoms with Crippen molar-refractivity contribution in [3.05, 3.63) is 71.2 Å². The Hall–Kier alpha value is -3.52. The fraction of sp³-hybridized carbons (Fsp3) is 0.261. The number of hydrogen-bond acceptors (Lipinski definition) is 6. The van der Waals surface area contributed by atoms with Crippen molar-refractivity contribution in [2.75, 3.05) is 13.1 Å². The predicted octanol–water partition coefficient (Wildman–Crippen LogP) is 3.47. The van der Waals surface area contributed by atoms with Gasteiger partial charge in [-0.15, -0.1) is 0 Å². The monoisotopic (exact) mass is 424 g/mol. The van der Waals surface area contributed by atoms with Gasteiger partial charge in [0.05, 0.1) is 0 Å². The molecule has 1 heterocycles. The molecule has 3 rings (SSSR count). The minimum absolute atomic E-state index is 0.110. The van der Waals surface area contributed by atoms with E-state index >= 15 is 0 Å². The first kappa shape index (κ1) is 22.2. The first-order chi connectivity index (χ1) is 14.9. The molecule has 0 unspecified atom stereocenters. The number of aromatic nitrogens is 2. The molecule has 1 aromatic heterocycles. The Morgan fingerprint density at radius 3 is 2.19 bits per heavy atom. The van der Waals surface area contributed by atoms with Gasteiger partial charge >= 0.3 is 0 Å². The highest BCUT2D eigenvalue weighted by atomic mass is 19.1. The molecule has 3 N–H and O–H groups in total. The molecule has 0 radical (unpaired) electrons. The largest absolute Gasteiger partial charge is 0.501 e. The molecular formula is C23H25FN4O3. The van der Waals surface area contributed by atoms with Gasteiger partial charge in [-0.25, -0.2) is 9.37 Å². The van der Waals surface area contributed by atoms with Crippen molar-refractivity contribution in [3.8, 4) is 23.0 Å². The van der Waals surface area contributed by atoms with Gasteiger partial charge in [-0.2, -0.15) is 4.98 Å². The maximum atomic E-state index is 13.0. The van der Waals surface area contributed by atoms with Gasteiger partial charge in [0.15, 0.2) is 11.5 Å². The van der Waals surface area contributed by atoms with Crippen LogP contribution in [-0.2, 0) is 13.1 Å². The standard InChI is InChI=1S/C23H25FN4O3/c1-3-28(4-2)14-16-5-9-17(10-6-16)21-26-19(20(29)23(31)27-21)22(30)25-13-15-7-11-18(24)12-8-15/h5-12,29H,3-4,13-14H2,1-2H3,(H,25,30)(H,26,27,31). The van der Waals surface area contributed by atoms with E-state index in [4.69, 9.17) is 0 Å². The zero-order chi connectivity index (χ0) is 22.4. The number of benzene rings is 2. The van der Waals surface area contributed by atoms with E-state index in [-0.39, 0.29) is 23.9 Å². The lowest BCUT2D eigenvalue weighted by Gasteiger charge is -2.18. The van der Waals surface area contributed by atoms with Gasteiger partial charge in [0.2, 0.25) is 5.75 Å². The Labute approximate surface area is 180 Å². The van der Waals surface area contributed by atoms with Crippen molar-refractivity contribution < 1.29 is 19.4 Å². The second-order valence-electron chi connectivity index (χ2n) is 7.04. The molecule has 31 heavy (non-hydrogen) atoms. The summed E-state index contributed by atoms with van der Waals surface area (Å²) in [6.07, 6.45) is 0. The lowest BCUT2D eigenvalue weighted by molar-refractivity contribution is 0.0942. The van der Waals surface area contributed by atoms with E-state index in [1.54, 1.807) is 0 Å². The summed E-state index contributed by atoms with van der Waals surface area (Å²) in [6, 6.07) is 13.2. The van der Waals surface area contributed by atoms with E-state index in [0.717, 1.165) is 25.2 Å². The minimum atomic E-state index is -0.696. The van der Waals surface area contributed by atoms with Gasteiger partial charge in [-0.3, -0.25) is 9.69 Å². The van der Waals surface area contributed by atoms with Crippen LogP contribution in [0.25, 0.3) is 11.4 Å². The molecule has 3 aromatic rings. The predicted molar refractivity (Wildman–Crippen MR) is 115 cm³/mol. The molecule has 2 aromatic carbocycles. The minimum Gasteiger partial charge on any atom is -0.501 e. The zero-order valence-electron chi connectivity index (χ0n) is 17.5. The Bertz CT molecular complexity index is 1040. The van der Waals surface area contributed by atoms with Crippen molar-refractivity contribution in [2.45, 2.75) is 26.9 Å². The molecule has 162 valence electrons. The van der Waals surface area contributed by atoms with Gasteiger partial charge in [0, 0.05) is 18.7 Å². The summed E-state index contributed by atoms with van der Waals surface area (Å²) in [6.45, 7) is 7.03. The number of hydrogen-bond donors (Lipinski definition) is 3. The van der Waals surface area contributed by atoms with Gasteiger partial charge in [0.1, 0.15) is 5.82 Å². The number of rotatable bonds is 8. The average molecular weight is 424 g/mol. The van der Waals surface area contributed by atoms with Crippen molar-refractivity contribution in [1.82, 2.24) is 20.2 Å². The molecule has 8 heteroatoms. The number of aromatic hydroxyl groups is 2. The lowest BCUT2D eigenvalue weighted by atomic mass is 10.1.